The molecule has 3 aliphatic rings. The number of carbonyl (C=O) groups is 1. The zero-order valence-corrected chi connectivity index (χ0v) is 16.3. The van der Waals surface area contributed by atoms with Crippen LogP contribution in [0.25, 0.3) is 10.8 Å². The molecule has 3 fully saturated rings. The number of anilines is 1. The van der Waals surface area contributed by atoms with Gasteiger partial charge in [0.25, 0.3) is 5.89 Å². The molecule has 5 rings (SSSR count). The summed E-state index contributed by atoms with van der Waals surface area (Å²) in [5.74, 6) is 1.73. The highest BCUT2D eigenvalue weighted by Crippen LogP contribution is 2.40. The summed E-state index contributed by atoms with van der Waals surface area (Å²) < 4.78 is 5.42. The highest BCUT2D eigenvalue weighted by Gasteiger charge is 2.36. The Morgan fingerprint density at radius 3 is 2.78 bits per heavy atom. The monoisotopic (exact) mass is 387 g/mol. The first-order valence-electron chi connectivity index (χ1n) is 9.88. The molecule has 1 aliphatic carbocycles. The average molecular weight is 388 g/mol. The van der Waals surface area contributed by atoms with Crippen LogP contribution < -0.4 is 10.6 Å². The Balaban J connectivity index is 1.23. The van der Waals surface area contributed by atoms with Gasteiger partial charge in [-0.1, -0.05) is 11.6 Å². The molecule has 4 heterocycles. The summed E-state index contributed by atoms with van der Waals surface area (Å²) in [7, 11) is 2.22. The van der Waals surface area contributed by atoms with Gasteiger partial charge in [0.1, 0.15) is 4.88 Å². The molecule has 2 amide bonds. The van der Waals surface area contributed by atoms with Crippen molar-refractivity contribution in [1.82, 2.24) is 20.4 Å². The van der Waals surface area contributed by atoms with Crippen molar-refractivity contribution >= 4 is 23.1 Å². The normalized spacial score (nSPS) is 28.1. The number of carbonyl (C=O) groups excluding carboxylic acids is 1. The molecule has 7 nitrogen and oxygen atoms in total. The predicted octanol–water partition coefficient (Wildman–Crippen LogP) is 3.81. The molecule has 8 heteroatoms. The third-order valence-corrected chi connectivity index (χ3v) is 7.07. The van der Waals surface area contributed by atoms with E-state index < -0.39 is 0 Å². The third kappa shape index (κ3) is 3.48. The van der Waals surface area contributed by atoms with Crippen molar-refractivity contribution in [2.45, 2.75) is 69.0 Å². The van der Waals surface area contributed by atoms with Gasteiger partial charge in [-0.15, -0.1) is 11.3 Å². The molecule has 27 heavy (non-hydrogen) atoms. The van der Waals surface area contributed by atoms with Crippen LogP contribution in [0.5, 0.6) is 0 Å². The topological polar surface area (TPSA) is 83.3 Å². The van der Waals surface area contributed by atoms with E-state index in [-0.39, 0.29) is 12.1 Å². The number of piperidine rings is 2. The van der Waals surface area contributed by atoms with Crippen LogP contribution in [0.3, 0.4) is 0 Å². The van der Waals surface area contributed by atoms with E-state index in [1.807, 2.05) is 11.4 Å². The van der Waals surface area contributed by atoms with Gasteiger partial charge in [-0.25, -0.2) is 4.79 Å². The van der Waals surface area contributed by atoms with Crippen molar-refractivity contribution in [1.29, 1.82) is 0 Å². The summed E-state index contributed by atoms with van der Waals surface area (Å²) in [5.41, 5.74) is 0.733. The number of urea groups is 1. The first-order chi connectivity index (χ1) is 13.2. The molecule has 0 unspecified atom stereocenters. The number of aromatic nitrogens is 2. The van der Waals surface area contributed by atoms with Crippen LogP contribution in [0.1, 0.15) is 56.7 Å². The number of hydrogen-bond donors (Lipinski definition) is 2. The largest absolute Gasteiger partial charge is 0.335 e. The van der Waals surface area contributed by atoms with Gasteiger partial charge in [0, 0.05) is 24.0 Å². The molecule has 2 aromatic rings. The number of fused-ring (bicyclic) bond motifs is 2. The summed E-state index contributed by atoms with van der Waals surface area (Å²) in [6, 6.07) is 3.18. The van der Waals surface area contributed by atoms with Crippen molar-refractivity contribution < 1.29 is 9.32 Å². The first kappa shape index (κ1) is 17.2. The fraction of sp³-hybridized carbons (Fsp3) is 0.632. The lowest BCUT2D eigenvalue weighted by atomic mass is 9.82. The minimum Gasteiger partial charge on any atom is -0.335 e. The average Bonchev–Trinajstić information content (AvgIpc) is 3.18. The molecular formula is C19H25N5O2S. The lowest BCUT2D eigenvalue weighted by molar-refractivity contribution is 0.0513. The van der Waals surface area contributed by atoms with Crippen LogP contribution in [0.2, 0.25) is 0 Å². The van der Waals surface area contributed by atoms with E-state index in [0.29, 0.717) is 23.9 Å². The number of nitrogens with one attached hydrogen (secondary N) is 2. The molecule has 2 N–H and O–H groups in total. The Hall–Kier alpha value is -1.93. The van der Waals surface area contributed by atoms with Crippen LogP contribution in [-0.2, 0) is 0 Å². The molecule has 1 saturated carbocycles. The molecule has 2 aromatic heterocycles. The summed E-state index contributed by atoms with van der Waals surface area (Å²) in [6.45, 7) is 0. The second-order valence-corrected chi connectivity index (χ2v) is 8.98. The lowest BCUT2D eigenvalue weighted by Crippen LogP contribution is -2.55. The highest BCUT2D eigenvalue weighted by molar-refractivity contribution is 7.14. The minimum absolute atomic E-state index is 0.149. The van der Waals surface area contributed by atoms with E-state index in [4.69, 9.17) is 4.52 Å². The second kappa shape index (κ2) is 6.91. The maximum absolute atomic E-state index is 12.6. The third-order valence-electron chi connectivity index (χ3n) is 6.17. The Labute approximate surface area is 162 Å². The van der Waals surface area contributed by atoms with Gasteiger partial charge in [0.15, 0.2) is 5.82 Å². The van der Waals surface area contributed by atoms with Crippen LogP contribution in [0.4, 0.5) is 10.5 Å². The van der Waals surface area contributed by atoms with Gasteiger partial charge >= 0.3 is 6.03 Å². The van der Waals surface area contributed by atoms with Crippen molar-refractivity contribution in [3.8, 4) is 10.8 Å². The smallest absolute Gasteiger partial charge is 0.319 e. The maximum atomic E-state index is 12.6. The van der Waals surface area contributed by atoms with E-state index in [1.54, 1.807) is 0 Å². The van der Waals surface area contributed by atoms with Crippen LogP contribution in [0, 0.1) is 0 Å². The number of nitrogens with zero attached hydrogens (tertiary/aromatic N) is 3. The molecule has 2 aliphatic heterocycles. The maximum Gasteiger partial charge on any atom is 0.319 e. The zero-order valence-electron chi connectivity index (χ0n) is 15.5. The van der Waals surface area contributed by atoms with Gasteiger partial charge in [-0.05, 0) is 57.0 Å². The molecule has 0 radical (unpaired) electrons. The van der Waals surface area contributed by atoms with Crippen LogP contribution in [0.15, 0.2) is 16.0 Å². The fourth-order valence-electron chi connectivity index (χ4n) is 4.49. The zero-order chi connectivity index (χ0) is 18.4. The molecule has 2 saturated heterocycles. The fourth-order valence-corrected chi connectivity index (χ4v) is 5.26. The standard InChI is InChI=1S/C19H25N5O2S/c1-24-13-3-2-4-14(24)10-12(9-13)20-19(25)21-15-7-8-27-16(15)18-22-17(23-26-18)11-5-6-11/h7-8,11-14H,2-6,9-10H2,1H3,(H2,20,21,25)/t12-,13+,14-. The van der Waals surface area contributed by atoms with Gasteiger partial charge in [-0.3, -0.25) is 0 Å². The van der Waals surface area contributed by atoms with E-state index in [9.17, 15) is 4.79 Å². The van der Waals surface area contributed by atoms with Crippen molar-refractivity contribution in [2.75, 3.05) is 12.4 Å². The SMILES string of the molecule is CN1[C@@H]2CCC[C@H]1C[C@@H](NC(=O)Nc1ccsc1-c1nc(C3CC3)no1)C2. The van der Waals surface area contributed by atoms with Crippen LogP contribution >= 0.6 is 11.3 Å². The van der Waals surface area contributed by atoms with Crippen molar-refractivity contribution in [2.24, 2.45) is 0 Å². The van der Waals surface area contributed by atoms with E-state index in [1.165, 1.54) is 30.6 Å². The molecule has 3 atom stereocenters. The van der Waals surface area contributed by atoms with E-state index in [2.05, 4.69) is 32.7 Å². The summed E-state index contributed by atoms with van der Waals surface area (Å²) in [4.78, 5) is 20.4. The van der Waals surface area contributed by atoms with E-state index in [0.717, 1.165) is 42.1 Å². The number of amides is 2. The molecule has 0 spiro atoms. The molecule has 0 aromatic carbocycles. The Bertz CT molecular complexity index is 816. The first-order valence-corrected chi connectivity index (χ1v) is 10.8. The second-order valence-electron chi connectivity index (χ2n) is 8.07. The molecule has 2 bridgehead atoms. The number of hydrogen-bond acceptors (Lipinski definition) is 6. The number of rotatable bonds is 4. The van der Waals surface area contributed by atoms with Gasteiger partial charge < -0.3 is 20.1 Å². The summed E-state index contributed by atoms with van der Waals surface area (Å²) in [5, 5.41) is 12.2. The predicted molar refractivity (Wildman–Crippen MR) is 104 cm³/mol. The Morgan fingerprint density at radius 2 is 2.04 bits per heavy atom. The van der Waals surface area contributed by atoms with Crippen molar-refractivity contribution in [3.05, 3.63) is 17.3 Å². The minimum atomic E-state index is -0.149. The van der Waals surface area contributed by atoms with Crippen LogP contribution in [-0.4, -0.2) is 46.2 Å². The number of thiophene rings is 1. The lowest BCUT2D eigenvalue weighted by Gasteiger charge is -2.47. The summed E-state index contributed by atoms with van der Waals surface area (Å²) in [6.07, 6.45) is 8.12. The van der Waals surface area contributed by atoms with E-state index >= 15 is 0 Å². The van der Waals surface area contributed by atoms with Gasteiger partial charge in [-0.2, -0.15) is 4.98 Å². The van der Waals surface area contributed by atoms with Gasteiger partial charge in [0.05, 0.1) is 5.69 Å². The molecular weight excluding hydrogens is 362 g/mol. The molecule has 144 valence electrons. The van der Waals surface area contributed by atoms with Gasteiger partial charge in [0.2, 0.25) is 0 Å². The Morgan fingerprint density at radius 1 is 1.26 bits per heavy atom. The highest BCUT2D eigenvalue weighted by atomic mass is 32.1. The quantitative estimate of drug-likeness (QED) is 0.833. The van der Waals surface area contributed by atoms with Crippen molar-refractivity contribution in [3.63, 3.8) is 0 Å². The summed E-state index contributed by atoms with van der Waals surface area (Å²) >= 11 is 1.50. The Kier molecular flexibility index (Phi) is 4.40.